The highest BCUT2D eigenvalue weighted by atomic mass is 35.5. The summed E-state index contributed by atoms with van der Waals surface area (Å²) < 4.78 is 1.00. The largest absolute Gasteiger partial charge is 0.507 e. The van der Waals surface area contributed by atoms with Crippen molar-refractivity contribution in [3.8, 4) is 5.75 Å². The zero-order valence-corrected chi connectivity index (χ0v) is 13.9. The molecule has 0 amide bonds. The first kappa shape index (κ1) is 15.7. The molecule has 0 fully saturated rings. The molecule has 0 bridgehead atoms. The maximum Gasteiger partial charge on any atom is 0.180 e. The number of phenols is 1. The van der Waals surface area contributed by atoms with E-state index in [4.69, 9.17) is 11.6 Å². The molecule has 0 unspecified atom stereocenters. The standard InChI is InChI=1S/C18H13ClO3S/c1-10-6-14(20)12(8-13(10)19)15(21)9-16(22)18-7-11-4-2-3-5-17(11)23-18/h2-8,20H,9H2,1H3. The van der Waals surface area contributed by atoms with Crippen molar-refractivity contribution in [2.75, 3.05) is 0 Å². The fourth-order valence-corrected chi connectivity index (χ4v) is 3.50. The third-order valence-corrected chi connectivity index (χ3v) is 5.16. The normalized spacial score (nSPS) is 10.9. The summed E-state index contributed by atoms with van der Waals surface area (Å²) in [5.74, 6) is -0.847. The summed E-state index contributed by atoms with van der Waals surface area (Å²) in [6.45, 7) is 1.73. The molecule has 0 aliphatic heterocycles. The molecule has 1 aromatic heterocycles. The number of ketones is 2. The van der Waals surface area contributed by atoms with Crippen molar-refractivity contribution in [3.63, 3.8) is 0 Å². The molecule has 3 nitrogen and oxygen atoms in total. The van der Waals surface area contributed by atoms with Gasteiger partial charge in [-0.25, -0.2) is 0 Å². The number of halogens is 1. The van der Waals surface area contributed by atoms with Gasteiger partial charge in [-0.2, -0.15) is 0 Å². The van der Waals surface area contributed by atoms with E-state index in [1.165, 1.54) is 23.5 Å². The van der Waals surface area contributed by atoms with Gasteiger partial charge >= 0.3 is 0 Å². The van der Waals surface area contributed by atoms with Gasteiger partial charge in [-0.05, 0) is 42.1 Å². The average molecular weight is 345 g/mol. The lowest BCUT2D eigenvalue weighted by Gasteiger charge is -2.06. The summed E-state index contributed by atoms with van der Waals surface area (Å²) >= 11 is 7.35. The van der Waals surface area contributed by atoms with E-state index in [9.17, 15) is 14.7 Å². The number of thiophene rings is 1. The molecule has 0 aliphatic rings. The van der Waals surface area contributed by atoms with E-state index in [-0.39, 0.29) is 23.5 Å². The summed E-state index contributed by atoms with van der Waals surface area (Å²) in [5, 5.41) is 11.3. The Labute approximate surface area is 142 Å². The molecule has 2 aromatic carbocycles. The molecule has 0 aliphatic carbocycles. The van der Waals surface area contributed by atoms with Gasteiger partial charge in [-0.15, -0.1) is 11.3 Å². The highest BCUT2D eigenvalue weighted by Crippen LogP contribution is 2.29. The van der Waals surface area contributed by atoms with E-state index in [1.807, 2.05) is 24.3 Å². The molecule has 3 rings (SSSR count). The maximum absolute atomic E-state index is 12.3. The molecule has 3 aromatic rings. The van der Waals surface area contributed by atoms with Crippen LogP contribution in [0.4, 0.5) is 0 Å². The van der Waals surface area contributed by atoms with Crippen LogP contribution in [0.3, 0.4) is 0 Å². The fraction of sp³-hybridized carbons (Fsp3) is 0.111. The average Bonchev–Trinajstić information content (AvgIpc) is 2.95. The number of benzene rings is 2. The van der Waals surface area contributed by atoms with Crippen LogP contribution in [0, 0.1) is 6.92 Å². The molecule has 1 heterocycles. The van der Waals surface area contributed by atoms with E-state index in [1.54, 1.807) is 13.0 Å². The Hall–Kier alpha value is -2.17. The predicted octanol–water partition coefficient (Wildman–Crippen LogP) is 5.02. The van der Waals surface area contributed by atoms with Gasteiger partial charge in [-0.1, -0.05) is 29.8 Å². The van der Waals surface area contributed by atoms with Crippen LogP contribution in [0.1, 0.15) is 32.0 Å². The summed E-state index contributed by atoms with van der Waals surface area (Å²) in [4.78, 5) is 25.2. The lowest BCUT2D eigenvalue weighted by molar-refractivity contribution is 0.0895. The Morgan fingerprint density at radius 1 is 1.13 bits per heavy atom. The van der Waals surface area contributed by atoms with E-state index in [0.717, 1.165) is 10.1 Å². The molecule has 0 saturated heterocycles. The second kappa shape index (κ2) is 6.14. The zero-order chi connectivity index (χ0) is 16.6. The molecule has 1 N–H and O–H groups in total. The zero-order valence-electron chi connectivity index (χ0n) is 12.3. The van der Waals surface area contributed by atoms with Gasteiger partial charge in [0.05, 0.1) is 16.9 Å². The smallest absolute Gasteiger partial charge is 0.180 e. The van der Waals surface area contributed by atoms with Crippen molar-refractivity contribution in [2.24, 2.45) is 0 Å². The number of hydrogen-bond acceptors (Lipinski definition) is 4. The van der Waals surface area contributed by atoms with Gasteiger partial charge in [0.15, 0.2) is 11.6 Å². The molecule has 5 heteroatoms. The van der Waals surface area contributed by atoms with Crippen LogP contribution in [0.5, 0.6) is 5.75 Å². The maximum atomic E-state index is 12.3. The van der Waals surface area contributed by atoms with Gasteiger partial charge in [0.25, 0.3) is 0 Å². The van der Waals surface area contributed by atoms with Crippen LogP contribution < -0.4 is 0 Å². The number of aryl methyl sites for hydroxylation is 1. The van der Waals surface area contributed by atoms with E-state index < -0.39 is 5.78 Å². The summed E-state index contributed by atoms with van der Waals surface area (Å²) in [5.41, 5.74) is 0.756. The number of aromatic hydroxyl groups is 1. The second-order valence-corrected chi connectivity index (χ2v) is 6.78. The van der Waals surface area contributed by atoms with Crippen LogP contribution in [0.25, 0.3) is 10.1 Å². The molecule has 0 radical (unpaired) electrons. The number of hydrogen-bond donors (Lipinski definition) is 1. The summed E-state index contributed by atoms with van der Waals surface area (Å²) in [7, 11) is 0. The van der Waals surface area contributed by atoms with Crippen LogP contribution in [0.15, 0.2) is 42.5 Å². The molecule has 0 atom stereocenters. The molecular formula is C18H13ClO3S. The van der Waals surface area contributed by atoms with Gasteiger partial charge in [0, 0.05) is 9.72 Å². The molecule has 23 heavy (non-hydrogen) atoms. The van der Waals surface area contributed by atoms with Crippen LogP contribution in [-0.4, -0.2) is 16.7 Å². The van der Waals surface area contributed by atoms with E-state index >= 15 is 0 Å². The summed E-state index contributed by atoms with van der Waals surface area (Å²) in [6.07, 6.45) is -0.292. The van der Waals surface area contributed by atoms with Gasteiger partial charge in [0.2, 0.25) is 0 Å². The summed E-state index contributed by atoms with van der Waals surface area (Å²) in [6, 6.07) is 12.3. The third kappa shape index (κ3) is 3.14. The van der Waals surface area contributed by atoms with Crippen molar-refractivity contribution in [2.45, 2.75) is 13.3 Å². The Morgan fingerprint density at radius 3 is 2.61 bits per heavy atom. The highest BCUT2D eigenvalue weighted by molar-refractivity contribution is 7.20. The minimum Gasteiger partial charge on any atom is -0.507 e. The van der Waals surface area contributed by atoms with Crippen molar-refractivity contribution < 1.29 is 14.7 Å². The fourth-order valence-electron chi connectivity index (χ4n) is 2.34. The van der Waals surface area contributed by atoms with Gasteiger partial charge in [0.1, 0.15) is 5.75 Å². The van der Waals surface area contributed by atoms with Crippen LogP contribution >= 0.6 is 22.9 Å². The number of phenolic OH excluding ortho intramolecular Hbond substituents is 1. The SMILES string of the molecule is Cc1cc(O)c(C(=O)CC(=O)c2cc3ccccc3s2)cc1Cl. The van der Waals surface area contributed by atoms with E-state index in [0.29, 0.717) is 15.5 Å². The monoisotopic (exact) mass is 344 g/mol. The lowest BCUT2D eigenvalue weighted by Crippen LogP contribution is -2.08. The van der Waals surface area contributed by atoms with Crippen molar-refractivity contribution in [1.82, 2.24) is 0 Å². The Balaban J connectivity index is 1.85. The van der Waals surface area contributed by atoms with Crippen LogP contribution in [-0.2, 0) is 0 Å². The highest BCUT2D eigenvalue weighted by Gasteiger charge is 2.19. The second-order valence-electron chi connectivity index (χ2n) is 5.29. The van der Waals surface area contributed by atoms with Gasteiger partial charge in [-0.3, -0.25) is 9.59 Å². The van der Waals surface area contributed by atoms with E-state index in [2.05, 4.69) is 0 Å². The third-order valence-electron chi connectivity index (χ3n) is 3.60. The van der Waals surface area contributed by atoms with Crippen molar-refractivity contribution in [1.29, 1.82) is 0 Å². The quantitative estimate of drug-likeness (QED) is 0.533. The topological polar surface area (TPSA) is 54.4 Å². The molecule has 0 spiro atoms. The molecule has 0 saturated carbocycles. The first-order chi connectivity index (χ1) is 11.0. The Kier molecular flexibility index (Phi) is 4.20. The van der Waals surface area contributed by atoms with Crippen LogP contribution in [0.2, 0.25) is 5.02 Å². The number of carbonyl (C=O) groups is 2. The Bertz CT molecular complexity index is 894. The predicted molar refractivity (Wildman–Crippen MR) is 93.0 cm³/mol. The minimum absolute atomic E-state index is 0.0788. The minimum atomic E-state index is -0.438. The number of carbonyl (C=O) groups excluding carboxylic acids is 2. The number of rotatable bonds is 4. The van der Waals surface area contributed by atoms with Crippen molar-refractivity contribution >= 4 is 44.6 Å². The van der Waals surface area contributed by atoms with Crippen molar-refractivity contribution in [3.05, 3.63) is 63.5 Å². The first-order valence-electron chi connectivity index (χ1n) is 7.00. The first-order valence-corrected chi connectivity index (χ1v) is 8.19. The number of Topliss-reactive ketones (excluding diaryl/α,β-unsaturated/α-hetero) is 2. The molecule has 116 valence electrons. The number of fused-ring (bicyclic) bond motifs is 1. The van der Waals surface area contributed by atoms with Gasteiger partial charge < -0.3 is 5.11 Å². The molecular weight excluding hydrogens is 332 g/mol. The Morgan fingerprint density at radius 2 is 1.87 bits per heavy atom. The lowest BCUT2D eigenvalue weighted by atomic mass is 10.0.